The lowest BCUT2D eigenvalue weighted by atomic mass is 10.2. The van der Waals surface area contributed by atoms with Crippen LogP contribution in [0.5, 0.6) is 0 Å². The van der Waals surface area contributed by atoms with Gasteiger partial charge in [-0.2, -0.15) is 0 Å². The summed E-state index contributed by atoms with van der Waals surface area (Å²) in [5, 5.41) is 0. The van der Waals surface area contributed by atoms with Crippen LogP contribution in [-0.4, -0.2) is 14.5 Å². The number of aromatic nitrogens is 3. The van der Waals surface area contributed by atoms with Gasteiger partial charge in [0.05, 0.1) is 0 Å². The number of nitrogens with two attached hydrogens (primary N) is 1. The van der Waals surface area contributed by atoms with Crippen LogP contribution in [0.3, 0.4) is 0 Å². The third-order valence-corrected chi connectivity index (χ3v) is 2.78. The van der Waals surface area contributed by atoms with Crippen LogP contribution in [0.25, 0.3) is 17.2 Å². The first-order valence-corrected chi connectivity index (χ1v) is 5.76. The fourth-order valence-electron chi connectivity index (χ4n) is 1.87. The van der Waals surface area contributed by atoms with Crippen molar-refractivity contribution in [1.82, 2.24) is 14.5 Å². The van der Waals surface area contributed by atoms with Gasteiger partial charge in [-0.1, -0.05) is 0 Å². The van der Waals surface area contributed by atoms with Crippen molar-refractivity contribution in [3.8, 4) is 17.2 Å². The van der Waals surface area contributed by atoms with Crippen LogP contribution in [0.4, 0.5) is 10.1 Å². The monoisotopic (exact) mass is 254 g/mol. The van der Waals surface area contributed by atoms with E-state index >= 15 is 0 Å². The molecular formula is C14H11FN4. The van der Waals surface area contributed by atoms with Gasteiger partial charge in [-0.15, -0.1) is 0 Å². The zero-order valence-corrected chi connectivity index (χ0v) is 9.99. The number of anilines is 1. The Hall–Kier alpha value is -2.69. The molecule has 0 bridgehead atoms. The van der Waals surface area contributed by atoms with Crippen molar-refractivity contribution in [1.29, 1.82) is 0 Å². The van der Waals surface area contributed by atoms with Crippen molar-refractivity contribution in [3.63, 3.8) is 0 Å². The predicted molar refractivity (Wildman–Crippen MR) is 71.2 cm³/mol. The molecule has 1 aromatic carbocycles. The van der Waals surface area contributed by atoms with Crippen LogP contribution in [0.15, 0.2) is 55.0 Å². The van der Waals surface area contributed by atoms with Gasteiger partial charge in [-0.25, -0.2) is 14.4 Å². The molecule has 0 aliphatic heterocycles. The molecule has 3 rings (SSSR count). The van der Waals surface area contributed by atoms with Gasteiger partial charge in [-0.3, -0.25) is 4.57 Å². The lowest BCUT2D eigenvalue weighted by molar-refractivity contribution is 0.610. The van der Waals surface area contributed by atoms with Crippen molar-refractivity contribution < 1.29 is 4.39 Å². The van der Waals surface area contributed by atoms with E-state index in [1.54, 1.807) is 41.4 Å². The van der Waals surface area contributed by atoms with Crippen LogP contribution >= 0.6 is 0 Å². The van der Waals surface area contributed by atoms with E-state index in [9.17, 15) is 4.39 Å². The fraction of sp³-hybridized carbons (Fsp3) is 0. The SMILES string of the molecule is Nc1ccc(-c2nccn2-c2ncccc2F)cc1. The quantitative estimate of drug-likeness (QED) is 0.715. The minimum atomic E-state index is -0.391. The Kier molecular flexibility index (Phi) is 2.72. The molecule has 0 aliphatic carbocycles. The Morgan fingerprint density at radius 1 is 1.00 bits per heavy atom. The average molecular weight is 254 g/mol. The highest BCUT2D eigenvalue weighted by molar-refractivity contribution is 5.60. The van der Waals surface area contributed by atoms with E-state index in [2.05, 4.69) is 9.97 Å². The molecule has 0 spiro atoms. The number of nitrogens with zero attached hydrogens (tertiary/aromatic N) is 3. The molecule has 0 fully saturated rings. The summed E-state index contributed by atoms with van der Waals surface area (Å²) >= 11 is 0. The van der Waals surface area contributed by atoms with Crippen LogP contribution in [-0.2, 0) is 0 Å². The molecule has 2 aromatic heterocycles. The average Bonchev–Trinajstić information content (AvgIpc) is 2.89. The van der Waals surface area contributed by atoms with Gasteiger partial charge in [0, 0.05) is 29.8 Å². The highest BCUT2D eigenvalue weighted by atomic mass is 19.1. The summed E-state index contributed by atoms with van der Waals surface area (Å²) in [6.07, 6.45) is 4.84. The largest absolute Gasteiger partial charge is 0.399 e. The third kappa shape index (κ3) is 2.06. The number of hydrogen-bond donors (Lipinski definition) is 1. The molecule has 0 amide bonds. The van der Waals surface area contributed by atoms with E-state index in [1.165, 1.54) is 6.07 Å². The summed E-state index contributed by atoms with van der Waals surface area (Å²) in [5.41, 5.74) is 7.18. The Bertz CT molecular complexity index is 703. The molecular weight excluding hydrogens is 243 g/mol. The molecule has 0 saturated heterocycles. The number of rotatable bonds is 2. The van der Waals surface area contributed by atoms with Crippen molar-refractivity contribution in [3.05, 3.63) is 60.8 Å². The van der Waals surface area contributed by atoms with Gasteiger partial charge < -0.3 is 5.73 Å². The first kappa shape index (κ1) is 11.4. The van der Waals surface area contributed by atoms with Crippen LogP contribution in [0.2, 0.25) is 0 Å². The fourth-order valence-corrected chi connectivity index (χ4v) is 1.87. The minimum Gasteiger partial charge on any atom is -0.399 e. The van der Waals surface area contributed by atoms with Crippen LogP contribution < -0.4 is 5.73 Å². The van der Waals surface area contributed by atoms with E-state index in [1.807, 2.05) is 12.1 Å². The Balaban J connectivity index is 2.13. The standard InChI is InChI=1S/C14H11FN4/c15-12-2-1-7-17-14(12)19-9-8-18-13(19)10-3-5-11(16)6-4-10/h1-9H,16H2. The summed E-state index contributed by atoms with van der Waals surface area (Å²) in [6.45, 7) is 0. The van der Waals surface area contributed by atoms with Gasteiger partial charge >= 0.3 is 0 Å². The lowest BCUT2D eigenvalue weighted by Gasteiger charge is -2.07. The van der Waals surface area contributed by atoms with E-state index < -0.39 is 5.82 Å². The first-order valence-electron chi connectivity index (χ1n) is 5.76. The van der Waals surface area contributed by atoms with Crippen LogP contribution in [0, 0.1) is 5.82 Å². The second-order valence-corrected chi connectivity index (χ2v) is 4.05. The highest BCUT2D eigenvalue weighted by Gasteiger charge is 2.11. The maximum absolute atomic E-state index is 13.8. The van der Waals surface area contributed by atoms with Gasteiger partial charge in [0.15, 0.2) is 11.6 Å². The Labute approximate surface area is 109 Å². The van der Waals surface area contributed by atoms with Gasteiger partial charge in [0.2, 0.25) is 0 Å². The Morgan fingerprint density at radius 3 is 2.53 bits per heavy atom. The predicted octanol–water partition coefficient (Wildman–Crippen LogP) is 2.66. The maximum atomic E-state index is 13.8. The number of hydrogen-bond acceptors (Lipinski definition) is 3. The van der Waals surface area contributed by atoms with E-state index in [-0.39, 0.29) is 5.82 Å². The molecule has 3 aromatic rings. The number of nitrogen functional groups attached to an aromatic ring is 1. The van der Waals surface area contributed by atoms with E-state index in [4.69, 9.17) is 5.73 Å². The molecule has 5 heteroatoms. The van der Waals surface area contributed by atoms with Gasteiger partial charge in [0.1, 0.15) is 5.82 Å². The summed E-state index contributed by atoms with van der Waals surface area (Å²) < 4.78 is 15.4. The summed E-state index contributed by atoms with van der Waals surface area (Å²) in [4.78, 5) is 8.30. The molecule has 19 heavy (non-hydrogen) atoms. The van der Waals surface area contributed by atoms with Gasteiger partial charge in [0.25, 0.3) is 0 Å². The molecule has 0 aliphatic rings. The number of halogens is 1. The third-order valence-electron chi connectivity index (χ3n) is 2.78. The Morgan fingerprint density at radius 2 is 1.79 bits per heavy atom. The zero-order valence-electron chi connectivity index (χ0n) is 9.99. The molecule has 94 valence electrons. The highest BCUT2D eigenvalue weighted by Crippen LogP contribution is 2.22. The molecule has 2 N–H and O–H groups in total. The van der Waals surface area contributed by atoms with Crippen molar-refractivity contribution >= 4 is 5.69 Å². The molecule has 4 nitrogen and oxygen atoms in total. The van der Waals surface area contributed by atoms with E-state index in [0.717, 1.165) is 5.56 Å². The number of pyridine rings is 1. The normalized spacial score (nSPS) is 10.6. The first-order chi connectivity index (χ1) is 9.25. The van der Waals surface area contributed by atoms with E-state index in [0.29, 0.717) is 11.5 Å². The molecule has 0 atom stereocenters. The maximum Gasteiger partial charge on any atom is 0.174 e. The smallest absolute Gasteiger partial charge is 0.174 e. The molecule has 0 unspecified atom stereocenters. The van der Waals surface area contributed by atoms with Crippen molar-refractivity contribution in [2.75, 3.05) is 5.73 Å². The van der Waals surface area contributed by atoms with Crippen molar-refractivity contribution in [2.45, 2.75) is 0 Å². The van der Waals surface area contributed by atoms with Crippen molar-refractivity contribution in [2.24, 2.45) is 0 Å². The zero-order chi connectivity index (χ0) is 13.2. The number of imidazole rings is 1. The molecule has 0 saturated carbocycles. The molecule has 2 heterocycles. The molecule has 0 radical (unpaired) electrons. The number of benzene rings is 1. The minimum absolute atomic E-state index is 0.229. The van der Waals surface area contributed by atoms with Gasteiger partial charge in [-0.05, 0) is 36.4 Å². The van der Waals surface area contributed by atoms with Crippen LogP contribution in [0.1, 0.15) is 0 Å². The topological polar surface area (TPSA) is 56.7 Å². The lowest BCUT2D eigenvalue weighted by Crippen LogP contribution is -2.01. The second-order valence-electron chi connectivity index (χ2n) is 4.05. The summed E-state index contributed by atoms with van der Waals surface area (Å²) in [6, 6.07) is 10.2. The summed E-state index contributed by atoms with van der Waals surface area (Å²) in [5.74, 6) is 0.460. The second kappa shape index (κ2) is 4.53. The summed E-state index contributed by atoms with van der Waals surface area (Å²) in [7, 11) is 0.